The third kappa shape index (κ3) is 5.91. The molecule has 0 amide bonds. The average Bonchev–Trinajstić information content (AvgIpc) is 3.03. The van der Waals surface area contributed by atoms with Gasteiger partial charge in [-0.25, -0.2) is 0 Å². The number of ketones is 2. The quantitative estimate of drug-likeness (QED) is 0.227. The Kier molecular flexibility index (Phi) is 8.87. The van der Waals surface area contributed by atoms with E-state index in [0.29, 0.717) is 80.8 Å². The monoisotopic (exact) mass is 605 g/mol. The molecule has 1 N–H and O–H groups in total. The van der Waals surface area contributed by atoms with E-state index >= 15 is 0 Å². The Bertz CT molecular complexity index is 1700. The fourth-order valence-corrected chi connectivity index (χ4v) is 7.18. The molecule has 7 nitrogen and oxygen atoms in total. The van der Waals surface area contributed by atoms with Gasteiger partial charge in [0, 0.05) is 53.4 Å². The summed E-state index contributed by atoms with van der Waals surface area (Å²) in [6.45, 7) is 6.92. The number of carbonyl (C=O) groups is 3. The fourth-order valence-electron chi connectivity index (χ4n) is 7.18. The van der Waals surface area contributed by atoms with Gasteiger partial charge in [0.2, 0.25) is 0 Å². The predicted molar refractivity (Wildman–Crippen MR) is 173 cm³/mol. The van der Waals surface area contributed by atoms with Crippen molar-refractivity contribution >= 4 is 28.3 Å². The summed E-state index contributed by atoms with van der Waals surface area (Å²) in [5, 5.41) is 11.8. The molecule has 7 heteroatoms. The highest BCUT2D eigenvalue weighted by molar-refractivity contribution is 6.06. The van der Waals surface area contributed by atoms with Gasteiger partial charge in [0.15, 0.2) is 23.1 Å². The highest BCUT2D eigenvalue weighted by Crippen LogP contribution is 2.50. The van der Waals surface area contributed by atoms with Gasteiger partial charge in [0.25, 0.3) is 0 Å². The molecule has 232 valence electrons. The molecule has 0 saturated heterocycles. The first-order valence-corrected chi connectivity index (χ1v) is 15.9. The van der Waals surface area contributed by atoms with Crippen LogP contribution in [0.2, 0.25) is 0 Å². The summed E-state index contributed by atoms with van der Waals surface area (Å²) in [6, 6.07) is 18.4. The number of carboxylic acids is 1. The number of fused-ring (bicyclic) bond motifs is 1. The van der Waals surface area contributed by atoms with Crippen LogP contribution in [0, 0.1) is 0 Å². The number of carboxylic acid groups (broad SMARTS) is 1. The number of carbonyl (C=O) groups excluding carboxylic acids is 2. The average molecular weight is 606 g/mol. The van der Waals surface area contributed by atoms with Crippen molar-refractivity contribution in [1.29, 1.82) is 0 Å². The summed E-state index contributed by atoms with van der Waals surface area (Å²) < 4.78 is 12.7. The SMILES string of the molecule is C=CCc1cc(C2C3=C(CCCC3=O)N(CCC(=O)O)C3=C2C(=O)CCC3)cc(OCC)c1OCc1cccc2ccccc12. The Morgan fingerprint density at radius 3 is 2.29 bits per heavy atom. The van der Waals surface area contributed by atoms with Crippen LogP contribution in [-0.2, 0) is 27.4 Å². The van der Waals surface area contributed by atoms with Crippen molar-refractivity contribution in [3.05, 3.63) is 106 Å². The number of nitrogens with zero attached hydrogens (tertiary/aromatic N) is 1. The number of benzene rings is 3. The van der Waals surface area contributed by atoms with Crippen molar-refractivity contribution in [3.8, 4) is 11.5 Å². The molecule has 0 spiro atoms. The third-order valence-electron chi connectivity index (χ3n) is 9.04. The summed E-state index contributed by atoms with van der Waals surface area (Å²) in [6.07, 6.45) is 5.83. The van der Waals surface area contributed by atoms with Crippen LogP contribution in [0.3, 0.4) is 0 Å². The number of Topliss-reactive ketones (excluding diaryl/α,β-unsaturated/α-hetero) is 2. The number of hydrogen-bond donors (Lipinski definition) is 1. The lowest BCUT2D eigenvalue weighted by Gasteiger charge is -2.44. The molecular weight excluding hydrogens is 566 g/mol. The molecule has 1 aliphatic heterocycles. The summed E-state index contributed by atoms with van der Waals surface area (Å²) in [5.74, 6) is -0.208. The van der Waals surface area contributed by atoms with E-state index in [1.165, 1.54) is 0 Å². The van der Waals surface area contributed by atoms with Crippen LogP contribution in [0.4, 0.5) is 0 Å². The summed E-state index contributed by atoms with van der Waals surface area (Å²) >= 11 is 0. The van der Waals surface area contributed by atoms with Gasteiger partial charge >= 0.3 is 5.97 Å². The molecule has 0 fully saturated rings. The van der Waals surface area contributed by atoms with Gasteiger partial charge in [0.1, 0.15) is 6.61 Å². The zero-order valence-electron chi connectivity index (χ0n) is 25.8. The Hall–Kier alpha value is -4.65. The first-order chi connectivity index (χ1) is 21.9. The van der Waals surface area contributed by atoms with Crippen LogP contribution in [0.15, 0.2) is 89.8 Å². The Morgan fingerprint density at radius 1 is 0.933 bits per heavy atom. The lowest BCUT2D eigenvalue weighted by molar-refractivity contribution is -0.137. The van der Waals surface area contributed by atoms with E-state index in [1.807, 2.05) is 48.2 Å². The van der Waals surface area contributed by atoms with Gasteiger partial charge in [-0.05, 0) is 67.0 Å². The van der Waals surface area contributed by atoms with Crippen molar-refractivity contribution in [3.63, 3.8) is 0 Å². The van der Waals surface area contributed by atoms with Crippen molar-refractivity contribution in [2.24, 2.45) is 0 Å². The van der Waals surface area contributed by atoms with E-state index in [4.69, 9.17) is 9.47 Å². The molecule has 3 aromatic rings. The molecule has 0 aromatic heterocycles. The molecule has 45 heavy (non-hydrogen) atoms. The molecule has 1 heterocycles. The largest absolute Gasteiger partial charge is 0.490 e. The van der Waals surface area contributed by atoms with E-state index in [0.717, 1.165) is 38.9 Å². The number of ether oxygens (including phenoxy) is 2. The van der Waals surface area contributed by atoms with Crippen molar-refractivity contribution < 1.29 is 29.0 Å². The standard InChI is InChI=1S/C38H39NO6/c1-3-10-25-21-27(22-33(44-4-2)38(25)45-23-26-13-7-12-24-11-5-6-14-28(24)26)35-36-29(15-8-17-31(36)40)39(20-19-34(42)43)30-16-9-18-32(41)37(30)35/h3,5-7,11-14,21-22,35H,1,4,8-10,15-20,23H2,2H3,(H,42,43). The highest BCUT2D eigenvalue weighted by atomic mass is 16.5. The van der Waals surface area contributed by atoms with Crippen LogP contribution < -0.4 is 9.47 Å². The number of aliphatic carboxylic acids is 1. The van der Waals surface area contributed by atoms with E-state index in [9.17, 15) is 19.5 Å². The molecule has 3 aliphatic rings. The van der Waals surface area contributed by atoms with Gasteiger partial charge in [0.05, 0.1) is 13.0 Å². The molecule has 0 bridgehead atoms. The molecule has 0 saturated carbocycles. The number of hydrogen-bond acceptors (Lipinski definition) is 6. The first kappa shape index (κ1) is 30.4. The van der Waals surface area contributed by atoms with E-state index in [2.05, 4.69) is 30.8 Å². The summed E-state index contributed by atoms with van der Waals surface area (Å²) in [4.78, 5) is 41.0. The zero-order chi connectivity index (χ0) is 31.5. The predicted octanol–water partition coefficient (Wildman–Crippen LogP) is 7.43. The van der Waals surface area contributed by atoms with Gasteiger partial charge in [-0.3, -0.25) is 14.4 Å². The Morgan fingerprint density at radius 2 is 1.62 bits per heavy atom. The number of rotatable bonds is 11. The minimum Gasteiger partial charge on any atom is -0.490 e. The minimum atomic E-state index is -0.903. The Labute approximate surface area is 263 Å². The van der Waals surface area contributed by atoms with Crippen LogP contribution >= 0.6 is 0 Å². The second-order valence-electron chi connectivity index (χ2n) is 11.9. The van der Waals surface area contributed by atoms with E-state index < -0.39 is 11.9 Å². The van der Waals surface area contributed by atoms with E-state index in [1.54, 1.807) is 0 Å². The molecule has 3 aromatic carbocycles. The summed E-state index contributed by atoms with van der Waals surface area (Å²) in [7, 11) is 0. The maximum absolute atomic E-state index is 13.7. The van der Waals surface area contributed by atoms with Crippen molar-refractivity contribution in [2.45, 2.75) is 70.8 Å². The maximum atomic E-state index is 13.7. The van der Waals surface area contributed by atoms with Crippen LogP contribution in [-0.4, -0.2) is 40.7 Å². The molecular formula is C38H39NO6. The smallest absolute Gasteiger partial charge is 0.305 e. The molecule has 0 radical (unpaired) electrons. The number of allylic oxidation sites excluding steroid dienone is 5. The van der Waals surface area contributed by atoms with Crippen molar-refractivity contribution in [2.75, 3.05) is 13.2 Å². The van der Waals surface area contributed by atoms with Gasteiger partial charge in [-0.15, -0.1) is 6.58 Å². The van der Waals surface area contributed by atoms with Gasteiger partial charge < -0.3 is 19.5 Å². The molecule has 6 rings (SSSR count). The van der Waals surface area contributed by atoms with Crippen molar-refractivity contribution in [1.82, 2.24) is 4.90 Å². The van der Waals surface area contributed by atoms with Gasteiger partial charge in [-0.1, -0.05) is 54.6 Å². The topological polar surface area (TPSA) is 93.1 Å². The first-order valence-electron chi connectivity index (χ1n) is 15.9. The van der Waals surface area contributed by atoms with Crippen LogP contribution in [0.25, 0.3) is 10.8 Å². The normalized spacial score (nSPS) is 17.0. The lowest BCUT2D eigenvalue weighted by atomic mass is 9.70. The van der Waals surface area contributed by atoms with Crippen LogP contribution in [0.1, 0.15) is 74.5 Å². The molecule has 0 atom stereocenters. The second-order valence-corrected chi connectivity index (χ2v) is 11.9. The highest BCUT2D eigenvalue weighted by Gasteiger charge is 2.43. The maximum Gasteiger partial charge on any atom is 0.305 e. The lowest BCUT2D eigenvalue weighted by Crippen LogP contribution is -2.40. The summed E-state index contributed by atoms with van der Waals surface area (Å²) in [5.41, 5.74) is 5.72. The third-order valence-corrected chi connectivity index (χ3v) is 9.04. The second kappa shape index (κ2) is 13.1. The van der Waals surface area contributed by atoms with E-state index in [-0.39, 0.29) is 24.5 Å². The fraction of sp³-hybridized carbons (Fsp3) is 0.342. The zero-order valence-corrected chi connectivity index (χ0v) is 25.8. The van der Waals surface area contributed by atoms with Gasteiger partial charge in [-0.2, -0.15) is 0 Å². The Balaban J connectivity index is 1.47. The van der Waals surface area contributed by atoms with Crippen LogP contribution in [0.5, 0.6) is 11.5 Å². The molecule has 2 aliphatic carbocycles. The minimum absolute atomic E-state index is 0.0195. The molecule has 0 unspecified atom stereocenters.